The fourth-order valence-electron chi connectivity index (χ4n) is 3.45. The summed E-state index contributed by atoms with van der Waals surface area (Å²) in [6, 6.07) is 8.57. The number of aromatic carboxylic acids is 1. The lowest BCUT2D eigenvalue weighted by molar-refractivity contribution is -0.142. The van der Waals surface area contributed by atoms with Crippen LogP contribution in [-0.4, -0.2) is 29.4 Å². The summed E-state index contributed by atoms with van der Waals surface area (Å²) in [4.78, 5) is 35.7. The molecule has 0 atom stereocenters. The fraction of sp³-hybridized carbons (Fsp3) is 0.348. The third-order valence-electron chi connectivity index (χ3n) is 4.95. The number of carbonyl (C=O) groups excluding carboxylic acids is 2. The number of hydrogen-bond donors (Lipinski definition) is 1. The summed E-state index contributed by atoms with van der Waals surface area (Å²) < 4.78 is 10.8. The van der Waals surface area contributed by atoms with Crippen molar-refractivity contribution in [2.24, 2.45) is 0 Å². The third kappa shape index (κ3) is 6.67. The molecule has 0 saturated carbocycles. The van der Waals surface area contributed by atoms with Crippen molar-refractivity contribution in [3.8, 4) is 5.75 Å². The molecule has 6 nitrogen and oxygen atoms in total. The molecule has 0 spiro atoms. The van der Waals surface area contributed by atoms with Crippen molar-refractivity contribution in [2.45, 2.75) is 45.6 Å². The average Bonchev–Trinajstić information content (AvgIpc) is 3.32. The first-order valence-electron chi connectivity index (χ1n) is 9.93. The Morgan fingerprint density at radius 2 is 1.94 bits per heavy atom. The van der Waals surface area contributed by atoms with Crippen LogP contribution in [0.4, 0.5) is 0 Å². The van der Waals surface area contributed by atoms with Gasteiger partial charge in [0.1, 0.15) is 23.8 Å². The predicted molar refractivity (Wildman–Crippen MR) is 118 cm³/mol. The standard InChI is InChI=1S/C23H23ClO6S/c1-14(25)29-12-15-9-17(24)11-18(10-15)30-13-20-16(5-7-21(20)26)3-2-4-19-6-8-22(31-19)23(27)28/h6,8-11H,2-5,7,12-13H2,1H3,(H,27,28). The smallest absolute Gasteiger partial charge is 0.345 e. The van der Waals surface area contributed by atoms with Crippen LogP contribution in [0.15, 0.2) is 41.5 Å². The molecule has 0 saturated heterocycles. The van der Waals surface area contributed by atoms with E-state index in [2.05, 4.69) is 0 Å². The van der Waals surface area contributed by atoms with Crippen molar-refractivity contribution in [1.82, 2.24) is 0 Å². The number of aryl methyl sites for hydroxylation is 1. The number of benzene rings is 1. The Balaban J connectivity index is 1.59. The minimum absolute atomic E-state index is 0.0986. The summed E-state index contributed by atoms with van der Waals surface area (Å²) in [6.07, 6.45) is 3.62. The number of halogens is 1. The normalized spacial score (nSPS) is 13.5. The first-order chi connectivity index (χ1) is 14.8. The maximum Gasteiger partial charge on any atom is 0.345 e. The highest BCUT2D eigenvalue weighted by atomic mass is 35.5. The Hall–Kier alpha value is -2.64. The summed E-state index contributed by atoms with van der Waals surface area (Å²) in [6.45, 7) is 1.61. The van der Waals surface area contributed by atoms with Crippen LogP contribution in [-0.2, 0) is 27.4 Å². The van der Waals surface area contributed by atoms with E-state index in [1.54, 1.807) is 24.3 Å². The third-order valence-corrected chi connectivity index (χ3v) is 6.30. The van der Waals surface area contributed by atoms with Gasteiger partial charge >= 0.3 is 11.9 Å². The summed E-state index contributed by atoms with van der Waals surface area (Å²) in [7, 11) is 0. The van der Waals surface area contributed by atoms with Gasteiger partial charge in [-0.05, 0) is 61.6 Å². The van der Waals surface area contributed by atoms with Gasteiger partial charge in [0.25, 0.3) is 0 Å². The minimum Gasteiger partial charge on any atom is -0.489 e. The van der Waals surface area contributed by atoms with E-state index < -0.39 is 5.97 Å². The number of rotatable bonds is 10. The molecule has 1 aromatic heterocycles. The van der Waals surface area contributed by atoms with Gasteiger partial charge in [-0.3, -0.25) is 9.59 Å². The molecule has 0 fully saturated rings. The largest absolute Gasteiger partial charge is 0.489 e. The molecule has 1 heterocycles. The number of carboxylic acid groups (broad SMARTS) is 1. The molecule has 1 N–H and O–H groups in total. The van der Waals surface area contributed by atoms with Gasteiger partial charge in [0, 0.05) is 28.8 Å². The van der Waals surface area contributed by atoms with Crippen LogP contribution in [0, 0.1) is 0 Å². The van der Waals surface area contributed by atoms with Crippen LogP contribution < -0.4 is 4.74 Å². The van der Waals surface area contributed by atoms with Gasteiger partial charge < -0.3 is 14.6 Å². The maximum atomic E-state index is 12.3. The van der Waals surface area contributed by atoms with Crippen molar-refractivity contribution < 1.29 is 29.0 Å². The zero-order chi connectivity index (χ0) is 22.4. The molecule has 1 aliphatic carbocycles. The lowest BCUT2D eigenvalue weighted by Gasteiger charge is -2.11. The molecular weight excluding hydrogens is 440 g/mol. The van der Waals surface area contributed by atoms with Crippen LogP contribution in [0.5, 0.6) is 5.75 Å². The van der Waals surface area contributed by atoms with E-state index in [9.17, 15) is 14.4 Å². The van der Waals surface area contributed by atoms with Gasteiger partial charge in [-0.25, -0.2) is 4.79 Å². The van der Waals surface area contributed by atoms with Crippen molar-refractivity contribution >= 4 is 40.7 Å². The number of carboxylic acids is 1. The number of thiophene rings is 1. The summed E-state index contributed by atoms with van der Waals surface area (Å²) in [5.41, 5.74) is 2.52. The fourth-order valence-corrected chi connectivity index (χ4v) is 4.59. The molecule has 0 bridgehead atoms. The summed E-state index contributed by atoms with van der Waals surface area (Å²) in [5.74, 6) is -0.672. The van der Waals surface area contributed by atoms with Gasteiger partial charge in [-0.15, -0.1) is 11.3 Å². The predicted octanol–water partition coefficient (Wildman–Crippen LogP) is 5.22. The average molecular weight is 463 g/mol. The van der Waals surface area contributed by atoms with E-state index in [1.807, 2.05) is 6.07 Å². The highest BCUT2D eigenvalue weighted by Crippen LogP contribution is 2.30. The zero-order valence-electron chi connectivity index (χ0n) is 17.1. The van der Waals surface area contributed by atoms with E-state index in [4.69, 9.17) is 26.2 Å². The molecule has 2 aromatic rings. The Kier molecular flexibility index (Phi) is 7.87. The van der Waals surface area contributed by atoms with Crippen LogP contribution >= 0.6 is 22.9 Å². The molecule has 1 aromatic carbocycles. The number of allylic oxidation sites excluding steroid dienone is 1. The SMILES string of the molecule is CC(=O)OCc1cc(Cl)cc(OCC2=C(CCCc3ccc(C(=O)O)s3)CCC2=O)c1. The van der Waals surface area contributed by atoms with Gasteiger partial charge in [0.05, 0.1) is 0 Å². The molecule has 164 valence electrons. The number of ketones is 1. The van der Waals surface area contributed by atoms with Crippen molar-refractivity contribution in [3.05, 3.63) is 61.8 Å². The lowest BCUT2D eigenvalue weighted by Crippen LogP contribution is -2.09. The van der Waals surface area contributed by atoms with E-state index in [1.165, 1.54) is 18.3 Å². The molecule has 31 heavy (non-hydrogen) atoms. The Morgan fingerprint density at radius 3 is 2.65 bits per heavy atom. The molecule has 3 rings (SSSR count). The van der Waals surface area contributed by atoms with Crippen molar-refractivity contribution in [2.75, 3.05) is 6.61 Å². The van der Waals surface area contributed by atoms with Crippen LogP contribution in [0.1, 0.15) is 52.7 Å². The quantitative estimate of drug-likeness (QED) is 0.486. The monoisotopic (exact) mass is 462 g/mol. The maximum absolute atomic E-state index is 12.3. The van der Waals surface area contributed by atoms with Gasteiger partial charge in [-0.1, -0.05) is 17.2 Å². The van der Waals surface area contributed by atoms with Gasteiger partial charge in [0.2, 0.25) is 0 Å². The van der Waals surface area contributed by atoms with Gasteiger partial charge in [0.15, 0.2) is 5.78 Å². The van der Waals surface area contributed by atoms with E-state index >= 15 is 0 Å². The van der Waals surface area contributed by atoms with Gasteiger partial charge in [-0.2, -0.15) is 0 Å². The summed E-state index contributed by atoms with van der Waals surface area (Å²) in [5, 5.41) is 9.48. The number of esters is 1. The minimum atomic E-state index is -0.906. The Labute approximate surface area is 189 Å². The highest BCUT2D eigenvalue weighted by molar-refractivity contribution is 7.13. The molecule has 0 amide bonds. The second kappa shape index (κ2) is 10.6. The first kappa shape index (κ1) is 23.0. The Bertz CT molecular complexity index is 1020. The number of hydrogen-bond acceptors (Lipinski definition) is 6. The van der Waals surface area contributed by atoms with E-state index in [-0.39, 0.29) is 25.0 Å². The topological polar surface area (TPSA) is 89.9 Å². The van der Waals surface area contributed by atoms with E-state index in [0.717, 1.165) is 36.1 Å². The molecule has 1 aliphatic rings. The van der Waals surface area contributed by atoms with Crippen LogP contribution in [0.3, 0.4) is 0 Å². The van der Waals surface area contributed by atoms with Crippen LogP contribution in [0.2, 0.25) is 5.02 Å². The number of Topliss-reactive ketones (excluding diaryl/α,β-unsaturated/α-hetero) is 1. The highest BCUT2D eigenvalue weighted by Gasteiger charge is 2.23. The number of carbonyl (C=O) groups is 3. The Morgan fingerprint density at radius 1 is 1.13 bits per heavy atom. The molecular formula is C23H23ClO6S. The summed E-state index contributed by atoms with van der Waals surface area (Å²) >= 11 is 7.42. The second-order valence-electron chi connectivity index (χ2n) is 7.29. The van der Waals surface area contributed by atoms with Crippen LogP contribution in [0.25, 0.3) is 0 Å². The zero-order valence-corrected chi connectivity index (χ0v) is 18.7. The second-order valence-corrected chi connectivity index (χ2v) is 8.90. The van der Waals surface area contributed by atoms with E-state index in [0.29, 0.717) is 33.2 Å². The van der Waals surface area contributed by atoms with Crippen molar-refractivity contribution in [3.63, 3.8) is 0 Å². The molecule has 0 radical (unpaired) electrons. The molecule has 0 aliphatic heterocycles. The molecule has 0 unspecified atom stereocenters. The van der Waals surface area contributed by atoms with Crippen molar-refractivity contribution in [1.29, 1.82) is 0 Å². The molecule has 8 heteroatoms. The number of ether oxygens (including phenoxy) is 2. The lowest BCUT2D eigenvalue weighted by atomic mass is 10.0. The first-order valence-corrected chi connectivity index (χ1v) is 11.1.